The van der Waals surface area contributed by atoms with Gasteiger partial charge in [0.25, 0.3) is 0 Å². The summed E-state index contributed by atoms with van der Waals surface area (Å²) < 4.78 is 0. The van der Waals surface area contributed by atoms with Gasteiger partial charge in [0.15, 0.2) is 0 Å². The fourth-order valence-corrected chi connectivity index (χ4v) is 4.39. The van der Waals surface area contributed by atoms with Gasteiger partial charge in [-0.05, 0) is 12.8 Å². The van der Waals surface area contributed by atoms with E-state index in [9.17, 15) is 14.7 Å². The Kier molecular flexibility index (Phi) is 4.70. The number of carboxylic acids is 1. The van der Waals surface area contributed by atoms with Gasteiger partial charge in [-0.2, -0.15) is 0 Å². The van der Waals surface area contributed by atoms with Crippen LogP contribution in [-0.2, 0) is 16.0 Å². The van der Waals surface area contributed by atoms with E-state index in [4.69, 9.17) is 0 Å². The number of hydrogen-bond acceptors (Lipinski definition) is 5. The summed E-state index contributed by atoms with van der Waals surface area (Å²) in [5, 5.41) is 12.0. The molecule has 0 radical (unpaired) electrons. The van der Waals surface area contributed by atoms with Crippen molar-refractivity contribution < 1.29 is 14.7 Å². The quantitative estimate of drug-likeness (QED) is 0.920. The molecular weight excluding hydrogens is 296 g/mol. The molecule has 7 heteroatoms. The van der Waals surface area contributed by atoms with Crippen molar-refractivity contribution in [2.24, 2.45) is 5.92 Å². The van der Waals surface area contributed by atoms with Crippen LogP contribution in [0, 0.1) is 12.8 Å². The lowest BCUT2D eigenvalue weighted by Gasteiger charge is -2.29. The predicted octanol–water partition coefficient (Wildman–Crippen LogP) is 2.00. The summed E-state index contributed by atoms with van der Waals surface area (Å²) >= 11 is 3.05. The van der Waals surface area contributed by atoms with Crippen molar-refractivity contribution in [3.8, 4) is 0 Å². The minimum absolute atomic E-state index is 0.0664. The summed E-state index contributed by atoms with van der Waals surface area (Å²) in [5.74, 6) is -0.389. The Morgan fingerprint density at radius 1 is 1.55 bits per heavy atom. The molecule has 2 atom stereocenters. The van der Waals surface area contributed by atoms with Crippen LogP contribution >= 0.6 is 23.1 Å². The average molecular weight is 314 g/mol. The molecule has 0 spiro atoms. The summed E-state index contributed by atoms with van der Waals surface area (Å²) in [4.78, 5) is 29.6. The molecular formula is C13H18N2O3S2. The van der Waals surface area contributed by atoms with E-state index in [1.165, 1.54) is 16.2 Å². The third-order valence-electron chi connectivity index (χ3n) is 3.18. The number of carboxylic acid groups (broad SMARTS) is 1. The number of carbonyl (C=O) groups is 2. The van der Waals surface area contributed by atoms with Crippen molar-refractivity contribution in [2.75, 3.05) is 5.75 Å². The zero-order chi connectivity index (χ0) is 14.9. The van der Waals surface area contributed by atoms with Gasteiger partial charge in [0, 0.05) is 11.1 Å². The molecule has 0 saturated carbocycles. The lowest BCUT2D eigenvalue weighted by atomic mass is 10.1. The van der Waals surface area contributed by atoms with Crippen molar-refractivity contribution in [1.82, 2.24) is 9.88 Å². The highest BCUT2D eigenvalue weighted by Gasteiger charge is 2.42. The van der Waals surface area contributed by atoms with E-state index in [0.29, 0.717) is 5.75 Å². The molecule has 1 fully saturated rings. The molecule has 1 saturated heterocycles. The maximum Gasteiger partial charge on any atom is 0.327 e. The highest BCUT2D eigenvalue weighted by molar-refractivity contribution is 8.00. The second-order valence-corrected chi connectivity index (χ2v) is 7.37. The number of carbonyl (C=O) groups excluding carboxylic acids is 1. The fourth-order valence-electron chi connectivity index (χ4n) is 2.28. The number of aryl methyl sites for hydroxylation is 1. The smallest absolute Gasteiger partial charge is 0.327 e. The van der Waals surface area contributed by atoms with Gasteiger partial charge < -0.3 is 10.0 Å². The first-order valence-corrected chi connectivity index (χ1v) is 8.39. The summed E-state index contributed by atoms with van der Waals surface area (Å²) in [7, 11) is 0. The van der Waals surface area contributed by atoms with E-state index in [1.54, 1.807) is 11.8 Å². The molecule has 2 heterocycles. The molecule has 1 aliphatic heterocycles. The third-order valence-corrected chi connectivity index (χ3v) is 5.62. The summed E-state index contributed by atoms with van der Waals surface area (Å²) in [6, 6.07) is -0.723. The first-order chi connectivity index (χ1) is 9.40. The number of hydrogen-bond donors (Lipinski definition) is 1. The lowest BCUT2D eigenvalue weighted by molar-refractivity contribution is -0.149. The molecule has 2 unspecified atom stereocenters. The highest BCUT2D eigenvalue weighted by Crippen LogP contribution is 2.34. The number of aliphatic carboxylic acids is 1. The van der Waals surface area contributed by atoms with Crippen molar-refractivity contribution in [2.45, 2.75) is 38.6 Å². The van der Waals surface area contributed by atoms with E-state index >= 15 is 0 Å². The van der Waals surface area contributed by atoms with Gasteiger partial charge >= 0.3 is 5.97 Å². The molecule has 0 bridgehead atoms. The van der Waals surface area contributed by atoms with Crippen molar-refractivity contribution in [3.63, 3.8) is 0 Å². The Labute approximate surface area is 126 Å². The van der Waals surface area contributed by atoms with Crippen LogP contribution in [0.1, 0.15) is 24.5 Å². The van der Waals surface area contributed by atoms with Crippen LogP contribution in [0.3, 0.4) is 0 Å². The maximum absolute atomic E-state index is 12.5. The van der Waals surface area contributed by atoms with E-state index < -0.39 is 12.0 Å². The summed E-state index contributed by atoms with van der Waals surface area (Å²) in [5.41, 5.74) is 0.723. The Bertz CT molecular complexity index is 515. The number of nitrogens with zero attached hydrogens (tertiary/aromatic N) is 2. The molecule has 5 nitrogen and oxygen atoms in total. The zero-order valence-corrected chi connectivity index (χ0v) is 13.3. The molecule has 1 aromatic rings. The van der Waals surface area contributed by atoms with Crippen LogP contribution in [0.5, 0.6) is 0 Å². The molecule has 0 aliphatic carbocycles. The van der Waals surface area contributed by atoms with E-state index in [0.717, 1.165) is 10.7 Å². The SMILES string of the molecule is Cc1nc(CC(=O)N2C(C(=O)O)CSC2C(C)C)cs1. The maximum atomic E-state index is 12.5. The minimum Gasteiger partial charge on any atom is -0.480 e. The first-order valence-electron chi connectivity index (χ1n) is 6.46. The molecule has 1 amide bonds. The largest absolute Gasteiger partial charge is 0.480 e. The van der Waals surface area contributed by atoms with Crippen LogP contribution < -0.4 is 0 Å². The van der Waals surface area contributed by atoms with Gasteiger partial charge in [-0.15, -0.1) is 23.1 Å². The fraction of sp³-hybridized carbons (Fsp3) is 0.615. The van der Waals surface area contributed by atoms with Crippen molar-refractivity contribution in [3.05, 3.63) is 16.1 Å². The first kappa shape index (κ1) is 15.3. The monoisotopic (exact) mass is 314 g/mol. The minimum atomic E-state index is -0.927. The standard InChI is InChI=1S/C13H18N2O3S2/c1-7(2)12-15(10(6-20-12)13(17)18)11(16)4-9-5-19-8(3)14-9/h5,7,10,12H,4,6H2,1-3H3,(H,17,18). The molecule has 1 N–H and O–H groups in total. The van der Waals surface area contributed by atoms with Gasteiger partial charge in [0.05, 0.1) is 22.5 Å². The summed E-state index contributed by atoms with van der Waals surface area (Å²) in [6.45, 7) is 5.91. The molecule has 20 heavy (non-hydrogen) atoms. The Balaban J connectivity index is 2.16. The van der Waals surface area contributed by atoms with Crippen LogP contribution in [0.4, 0.5) is 0 Å². The van der Waals surface area contributed by atoms with Gasteiger partial charge in [0.1, 0.15) is 6.04 Å². The third kappa shape index (κ3) is 3.15. The van der Waals surface area contributed by atoms with Gasteiger partial charge in [-0.25, -0.2) is 9.78 Å². The molecule has 2 rings (SSSR count). The molecule has 1 aromatic heterocycles. The highest BCUT2D eigenvalue weighted by atomic mass is 32.2. The van der Waals surface area contributed by atoms with Crippen molar-refractivity contribution in [1.29, 1.82) is 0 Å². The van der Waals surface area contributed by atoms with Crippen LogP contribution in [-0.4, -0.2) is 44.0 Å². The van der Waals surface area contributed by atoms with E-state index in [-0.39, 0.29) is 23.6 Å². The van der Waals surface area contributed by atoms with Gasteiger partial charge in [0.2, 0.25) is 5.91 Å². The van der Waals surface area contributed by atoms with E-state index in [1.807, 2.05) is 26.2 Å². The number of rotatable bonds is 4. The Hall–Kier alpha value is -1.08. The predicted molar refractivity (Wildman–Crippen MR) is 79.9 cm³/mol. The van der Waals surface area contributed by atoms with Crippen molar-refractivity contribution >= 4 is 35.0 Å². The number of aromatic nitrogens is 1. The topological polar surface area (TPSA) is 70.5 Å². The normalized spacial score (nSPS) is 22.5. The van der Waals surface area contributed by atoms with E-state index in [2.05, 4.69) is 4.98 Å². The average Bonchev–Trinajstić information content (AvgIpc) is 2.95. The number of thioether (sulfide) groups is 1. The van der Waals surface area contributed by atoms with Gasteiger partial charge in [-0.3, -0.25) is 4.79 Å². The lowest BCUT2D eigenvalue weighted by Crippen LogP contribution is -2.47. The van der Waals surface area contributed by atoms with Crippen LogP contribution in [0.25, 0.3) is 0 Å². The molecule has 0 aromatic carbocycles. The summed E-state index contributed by atoms with van der Waals surface area (Å²) in [6.07, 6.45) is 0.178. The second kappa shape index (κ2) is 6.13. The Morgan fingerprint density at radius 2 is 2.25 bits per heavy atom. The molecule has 110 valence electrons. The van der Waals surface area contributed by atoms with Crippen LogP contribution in [0.2, 0.25) is 0 Å². The number of thiazole rings is 1. The molecule has 1 aliphatic rings. The second-order valence-electron chi connectivity index (χ2n) is 5.16. The van der Waals surface area contributed by atoms with Crippen LogP contribution in [0.15, 0.2) is 5.38 Å². The Morgan fingerprint density at radius 3 is 2.75 bits per heavy atom. The van der Waals surface area contributed by atoms with Gasteiger partial charge in [-0.1, -0.05) is 13.8 Å². The number of amides is 1. The zero-order valence-electron chi connectivity index (χ0n) is 11.7.